The quantitative estimate of drug-likeness (QED) is 0.558. The summed E-state index contributed by atoms with van der Waals surface area (Å²) in [5.74, 6) is 1.04. The maximum absolute atomic E-state index is 12.8. The molecule has 25 heavy (non-hydrogen) atoms. The Labute approximate surface area is 161 Å². The molecule has 2 rings (SSSR count). The van der Waals surface area contributed by atoms with E-state index in [1.807, 2.05) is 0 Å². The summed E-state index contributed by atoms with van der Waals surface area (Å²) in [6, 6.07) is 5.33. The van der Waals surface area contributed by atoms with Crippen molar-refractivity contribution < 1.29 is 4.74 Å². The molecular formula is C18H29Cl2N3O2. The van der Waals surface area contributed by atoms with Crippen molar-refractivity contribution in [3.05, 3.63) is 34.2 Å². The Morgan fingerprint density at radius 1 is 1.20 bits per heavy atom. The molecule has 0 aliphatic carbocycles. The van der Waals surface area contributed by atoms with E-state index in [0.717, 1.165) is 23.9 Å². The molecule has 0 bridgehead atoms. The summed E-state index contributed by atoms with van der Waals surface area (Å²) >= 11 is 0. The summed E-state index contributed by atoms with van der Waals surface area (Å²) in [7, 11) is 0. The van der Waals surface area contributed by atoms with Gasteiger partial charge in [0, 0.05) is 24.2 Å². The SMILES string of the molecule is CCCCOc1c(CN)n(CC(C)C)c(=O)c2ccc(N)cc12.Cl.Cl. The number of aromatic nitrogens is 1. The van der Waals surface area contributed by atoms with Gasteiger partial charge in [-0.3, -0.25) is 4.79 Å². The van der Waals surface area contributed by atoms with Crippen molar-refractivity contribution in [2.45, 2.75) is 46.7 Å². The second-order valence-corrected chi connectivity index (χ2v) is 6.30. The molecule has 7 heteroatoms. The lowest BCUT2D eigenvalue weighted by Gasteiger charge is -2.20. The van der Waals surface area contributed by atoms with Gasteiger partial charge in [0.2, 0.25) is 0 Å². The van der Waals surface area contributed by atoms with Crippen LogP contribution in [0.4, 0.5) is 5.69 Å². The fourth-order valence-corrected chi connectivity index (χ4v) is 2.72. The van der Waals surface area contributed by atoms with Crippen LogP contribution in [0, 0.1) is 5.92 Å². The normalized spacial score (nSPS) is 10.4. The van der Waals surface area contributed by atoms with Crippen LogP contribution in [0.1, 0.15) is 39.3 Å². The van der Waals surface area contributed by atoms with Gasteiger partial charge < -0.3 is 20.8 Å². The van der Waals surface area contributed by atoms with E-state index < -0.39 is 0 Å². The molecule has 0 unspecified atom stereocenters. The predicted octanol–water partition coefficient (Wildman–Crippen LogP) is 3.72. The lowest BCUT2D eigenvalue weighted by molar-refractivity contribution is 0.304. The highest BCUT2D eigenvalue weighted by atomic mass is 35.5. The van der Waals surface area contributed by atoms with Crippen LogP contribution < -0.4 is 21.8 Å². The fraction of sp³-hybridized carbons (Fsp3) is 0.500. The highest BCUT2D eigenvalue weighted by Crippen LogP contribution is 2.30. The van der Waals surface area contributed by atoms with Crippen LogP contribution in [0.3, 0.4) is 0 Å². The lowest BCUT2D eigenvalue weighted by atomic mass is 10.1. The number of halogens is 2. The Hall–Kier alpha value is -1.43. The van der Waals surface area contributed by atoms with E-state index in [1.165, 1.54) is 0 Å². The molecule has 0 saturated carbocycles. The van der Waals surface area contributed by atoms with Gasteiger partial charge >= 0.3 is 0 Å². The molecule has 0 amide bonds. The second-order valence-electron chi connectivity index (χ2n) is 6.30. The van der Waals surface area contributed by atoms with Gasteiger partial charge in [0.05, 0.1) is 17.7 Å². The van der Waals surface area contributed by atoms with Crippen molar-refractivity contribution in [3.63, 3.8) is 0 Å². The Kier molecular flexibility index (Phi) is 9.93. The molecule has 1 aromatic heterocycles. The van der Waals surface area contributed by atoms with Crippen molar-refractivity contribution in [2.75, 3.05) is 12.3 Å². The number of nitrogens with zero attached hydrogens (tertiary/aromatic N) is 1. The summed E-state index contributed by atoms with van der Waals surface area (Å²) in [4.78, 5) is 12.8. The standard InChI is InChI=1S/C18H27N3O2.2ClH/c1-4-5-8-23-17-15-9-13(20)6-7-14(15)18(22)21(11-12(2)3)16(17)10-19;;/h6-7,9,12H,4-5,8,10-11,19-20H2,1-3H3;2*1H. The zero-order valence-corrected chi connectivity index (χ0v) is 16.7. The summed E-state index contributed by atoms with van der Waals surface area (Å²) < 4.78 is 7.77. The average Bonchev–Trinajstić information content (AvgIpc) is 2.51. The molecule has 4 N–H and O–H groups in total. The van der Waals surface area contributed by atoms with E-state index in [0.29, 0.717) is 35.9 Å². The minimum Gasteiger partial charge on any atom is -0.491 e. The van der Waals surface area contributed by atoms with Crippen LogP contribution in [0.2, 0.25) is 0 Å². The van der Waals surface area contributed by atoms with Crippen LogP contribution >= 0.6 is 24.8 Å². The molecule has 0 atom stereocenters. The number of nitrogens with two attached hydrogens (primary N) is 2. The number of pyridine rings is 1. The van der Waals surface area contributed by atoms with Crippen LogP contribution in [0.25, 0.3) is 10.8 Å². The van der Waals surface area contributed by atoms with E-state index in [9.17, 15) is 4.79 Å². The minimum atomic E-state index is -0.0306. The zero-order valence-electron chi connectivity index (χ0n) is 15.1. The number of benzene rings is 1. The Morgan fingerprint density at radius 2 is 1.88 bits per heavy atom. The summed E-state index contributed by atoms with van der Waals surface area (Å²) in [6.45, 7) is 7.76. The maximum Gasteiger partial charge on any atom is 0.258 e. The maximum atomic E-state index is 12.8. The monoisotopic (exact) mass is 389 g/mol. The molecule has 0 saturated heterocycles. The topological polar surface area (TPSA) is 83.3 Å². The van der Waals surface area contributed by atoms with Gasteiger partial charge in [-0.15, -0.1) is 24.8 Å². The first-order valence-electron chi connectivity index (χ1n) is 8.27. The smallest absolute Gasteiger partial charge is 0.258 e. The van der Waals surface area contributed by atoms with Crippen molar-refractivity contribution in [2.24, 2.45) is 11.7 Å². The largest absolute Gasteiger partial charge is 0.491 e. The first-order valence-corrected chi connectivity index (χ1v) is 8.27. The Morgan fingerprint density at radius 3 is 2.44 bits per heavy atom. The molecule has 0 radical (unpaired) electrons. The van der Waals surface area contributed by atoms with Crippen molar-refractivity contribution >= 4 is 41.3 Å². The molecule has 1 heterocycles. The third-order valence-electron chi connectivity index (χ3n) is 3.84. The van der Waals surface area contributed by atoms with Gasteiger partial charge in [-0.2, -0.15) is 0 Å². The Balaban J connectivity index is 0.00000288. The van der Waals surface area contributed by atoms with Gasteiger partial charge in [0.25, 0.3) is 5.56 Å². The van der Waals surface area contributed by atoms with E-state index >= 15 is 0 Å². The van der Waals surface area contributed by atoms with E-state index in [-0.39, 0.29) is 36.9 Å². The first kappa shape index (κ1) is 23.6. The zero-order chi connectivity index (χ0) is 17.0. The molecule has 5 nitrogen and oxygen atoms in total. The van der Waals surface area contributed by atoms with Gasteiger partial charge in [-0.1, -0.05) is 27.2 Å². The summed E-state index contributed by atoms with van der Waals surface area (Å²) in [5, 5.41) is 1.38. The highest BCUT2D eigenvalue weighted by Gasteiger charge is 2.18. The number of anilines is 1. The molecule has 0 fully saturated rings. The molecule has 142 valence electrons. The molecule has 0 spiro atoms. The lowest BCUT2D eigenvalue weighted by Crippen LogP contribution is -2.28. The molecule has 0 aliphatic rings. The van der Waals surface area contributed by atoms with Crippen molar-refractivity contribution in [1.82, 2.24) is 4.57 Å². The van der Waals surface area contributed by atoms with E-state index in [2.05, 4.69) is 20.8 Å². The number of hydrogen-bond acceptors (Lipinski definition) is 4. The number of hydrogen-bond donors (Lipinski definition) is 2. The van der Waals surface area contributed by atoms with Crippen LogP contribution in [0.15, 0.2) is 23.0 Å². The average molecular weight is 390 g/mol. The fourth-order valence-electron chi connectivity index (χ4n) is 2.72. The number of nitrogen functional groups attached to an aromatic ring is 1. The van der Waals surface area contributed by atoms with Crippen molar-refractivity contribution in [3.8, 4) is 5.75 Å². The minimum absolute atomic E-state index is 0. The third-order valence-corrected chi connectivity index (χ3v) is 3.84. The molecule has 1 aromatic carbocycles. The van der Waals surface area contributed by atoms with Crippen molar-refractivity contribution in [1.29, 1.82) is 0 Å². The number of unbranched alkanes of at least 4 members (excludes halogenated alkanes) is 1. The second kappa shape index (κ2) is 10.5. The van der Waals surface area contributed by atoms with Crippen LogP contribution in [-0.4, -0.2) is 11.2 Å². The van der Waals surface area contributed by atoms with Crippen LogP contribution in [0.5, 0.6) is 5.75 Å². The third kappa shape index (κ3) is 5.27. The predicted molar refractivity (Wildman–Crippen MR) is 110 cm³/mol. The number of rotatable bonds is 7. The van der Waals surface area contributed by atoms with Crippen LogP contribution in [-0.2, 0) is 13.1 Å². The van der Waals surface area contributed by atoms with Gasteiger partial charge in [0.15, 0.2) is 0 Å². The molecular weight excluding hydrogens is 361 g/mol. The summed E-state index contributed by atoms with van der Waals surface area (Å²) in [5.41, 5.74) is 13.2. The first-order chi connectivity index (χ1) is 11.0. The van der Waals surface area contributed by atoms with Gasteiger partial charge in [-0.05, 0) is 30.5 Å². The number of ether oxygens (including phenoxy) is 1. The molecule has 2 aromatic rings. The number of fused-ring (bicyclic) bond motifs is 1. The van der Waals surface area contributed by atoms with Gasteiger partial charge in [0.1, 0.15) is 5.75 Å². The Bertz CT molecular complexity index is 745. The summed E-state index contributed by atoms with van der Waals surface area (Å²) in [6.07, 6.45) is 2.00. The molecule has 0 aliphatic heterocycles. The van der Waals surface area contributed by atoms with E-state index in [4.69, 9.17) is 16.2 Å². The highest BCUT2D eigenvalue weighted by molar-refractivity contribution is 5.90. The van der Waals surface area contributed by atoms with Gasteiger partial charge in [-0.25, -0.2) is 0 Å². The van der Waals surface area contributed by atoms with E-state index in [1.54, 1.807) is 22.8 Å².